The van der Waals surface area contributed by atoms with Crippen molar-refractivity contribution >= 4 is 50.3 Å². The first-order valence-corrected chi connectivity index (χ1v) is 27.9. The SMILES string of the molecule is CC1CCC(NC(=O)C2C[C@H]2COS(C)(=O)=O)CC1.CC1CCC(NC(=O)[C@@H]2C[C@H]2CN2CCC(c3noc4ccc(C(F)(F)F)cc34)CC2)CC1.FC(F)(F)c1ccc2onc(C3CCNCC3)c2c1.O=CO[O-].[H-].[K+].[K+]. The Morgan fingerprint density at radius 3 is 1.56 bits per heavy atom. The molecule has 2 aliphatic heterocycles. The van der Waals surface area contributed by atoms with E-state index in [1.54, 1.807) is 0 Å². The van der Waals surface area contributed by atoms with E-state index in [0.717, 1.165) is 139 Å². The van der Waals surface area contributed by atoms with Crippen molar-refractivity contribution in [2.45, 2.75) is 140 Å². The van der Waals surface area contributed by atoms with E-state index < -0.39 is 33.6 Å². The molecule has 4 saturated carbocycles. The fourth-order valence-corrected chi connectivity index (χ4v) is 11.3. The van der Waals surface area contributed by atoms with E-state index >= 15 is 0 Å². The number of amides is 2. The van der Waals surface area contributed by atoms with Crippen molar-refractivity contribution in [3.8, 4) is 0 Å². The number of carbonyl (C=O) groups is 3. The van der Waals surface area contributed by atoms with Crippen LogP contribution in [0.1, 0.15) is 140 Å². The number of piperidine rings is 2. The molecular formula is C52H70F6K2N6O10S. The largest absolute Gasteiger partial charge is 1.00 e. The number of aromatic nitrogens is 2. The number of hydrogen-bond acceptors (Lipinski definition) is 14. The summed E-state index contributed by atoms with van der Waals surface area (Å²) in [5, 5.41) is 27.1. The van der Waals surface area contributed by atoms with Crippen LogP contribution in [0.3, 0.4) is 0 Å². The number of nitrogens with zero attached hydrogens (tertiary/aromatic N) is 3. The Morgan fingerprint density at radius 2 is 1.14 bits per heavy atom. The summed E-state index contributed by atoms with van der Waals surface area (Å²) >= 11 is 0. The van der Waals surface area contributed by atoms with E-state index in [9.17, 15) is 44.3 Å². The number of rotatable bonds is 12. The third-order valence-corrected chi connectivity index (χ3v) is 16.2. The Kier molecular flexibility index (Phi) is 25.9. The molecule has 2 aromatic heterocycles. The second kappa shape index (κ2) is 30.1. The molecule has 4 heterocycles. The number of halogens is 6. The second-order valence-electron chi connectivity index (χ2n) is 21.5. The molecule has 0 bridgehead atoms. The summed E-state index contributed by atoms with van der Waals surface area (Å²) in [6.45, 7) is 8.85. The van der Waals surface area contributed by atoms with Crippen molar-refractivity contribution in [1.82, 2.24) is 31.2 Å². The summed E-state index contributed by atoms with van der Waals surface area (Å²) in [5.41, 5.74) is 0.793. The van der Waals surface area contributed by atoms with Gasteiger partial charge in [-0.05, 0) is 176 Å². The first-order chi connectivity index (χ1) is 35.6. The van der Waals surface area contributed by atoms with Gasteiger partial charge in [-0.2, -0.15) is 34.8 Å². The van der Waals surface area contributed by atoms with Crippen LogP contribution in [0.25, 0.3) is 21.9 Å². The zero-order chi connectivity index (χ0) is 54.1. The molecule has 16 nitrogen and oxygen atoms in total. The Bertz CT molecular complexity index is 2640. The van der Waals surface area contributed by atoms with Crippen LogP contribution in [-0.2, 0) is 45.9 Å². The fraction of sp³-hybridized carbons (Fsp3) is 0.673. The second-order valence-corrected chi connectivity index (χ2v) is 23.1. The molecule has 4 aromatic rings. The number of benzene rings is 2. The monoisotopic (exact) mass is 1160 g/mol. The van der Waals surface area contributed by atoms with Gasteiger partial charge in [-0.15, -0.1) is 0 Å². The van der Waals surface area contributed by atoms with Crippen LogP contribution in [0, 0.1) is 35.5 Å². The molecule has 6 aliphatic rings. The summed E-state index contributed by atoms with van der Waals surface area (Å²) in [6, 6.07) is 7.72. The normalized spacial score (nSPS) is 25.9. The van der Waals surface area contributed by atoms with Gasteiger partial charge < -0.3 is 41.5 Å². The molecule has 4 aliphatic carbocycles. The minimum Gasteiger partial charge on any atom is -1.00 e. The van der Waals surface area contributed by atoms with E-state index in [1.165, 1.54) is 37.8 Å². The van der Waals surface area contributed by atoms with E-state index in [1.807, 2.05) is 0 Å². The van der Waals surface area contributed by atoms with Crippen LogP contribution in [-0.4, -0.2) is 99.6 Å². The maximum Gasteiger partial charge on any atom is 1.00 e. The maximum atomic E-state index is 13.1. The molecule has 4 atom stereocenters. The van der Waals surface area contributed by atoms with Crippen LogP contribution in [0.4, 0.5) is 26.3 Å². The minimum absolute atomic E-state index is 0. The first-order valence-electron chi connectivity index (χ1n) is 26.1. The topological polar surface area (TPSA) is 218 Å². The number of nitrogens with one attached hydrogen (secondary N) is 3. The Balaban J connectivity index is 0.000000252. The van der Waals surface area contributed by atoms with Crippen LogP contribution in [0.2, 0.25) is 0 Å². The van der Waals surface area contributed by atoms with Gasteiger partial charge in [0, 0.05) is 53.1 Å². The Hall–Kier alpha value is -1.57. The van der Waals surface area contributed by atoms with E-state index in [2.05, 4.69) is 49.9 Å². The molecule has 77 heavy (non-hydrogen) atoms. The smallest absolute Gasteiger partial charge is 1.00 e. The van der Waals surface area contributed by atoms with Gasteiger partial charge in [0.1, 0.15) is 0 Å². The van der Waals surface area contributed by atoms with Crippen molar-refractivity contribution in [2.24, 2.45) is 35.5 Å². The van der Waals surface area contributed by atoms with Crippen LogP contribution in [0.5, 0.6) is 0 Å². The van der Waals surface area contributed by atoms with Crippen molar-refractivity contribution < 1.29 is 177 Å². The molecule has 3 N–H and O–H groups in total. The van der Waals surface area contributed by atoms with Crippen molar-refractivity contribution in [3.63, 3.8) is 0 Å². The van der Waals surface area contributed by atoms with Crippen LogP contribution >= 0.6 is 0 Å². The first kappa shape index (κ1) is 66.2. The van der Waals surface area contributed by atoms with Gasteiger partial charge in [-0.1, -0.05) is 24.2 Å². The molecule has 418 valence electrons. The number of alkyl halides is 6. The van der Waals surface area contributed by atoms with E-state index in [4.69, 9.17) is 23.3 Å². The van der Waals surface area contributed by atoms with Gasteiger partial charge in [0.05, 0.1) is 35.4 Å². The molecule has 1 unspecified atom stereocenters. The quantitative estimate of drug-likeness (QED) is 0.0464. The maximum absolute atomic E-state index is 13.1. The Labute approximate surface area is 532 Å². The zero-order valence-corrected chi connectivity index (χ0v) is 51.6. The van der Waals surface area contributed by atoms with E-state index in [-0.39, 0.29) is 159 Å². The third-order valence-electron chi connectivity index (χ3n) is 15.6. The fourth-order valence-electron chi connectivity index (χ4n) is 10.8. The van der Waals surface area contributed by atoms with Gasteiger partial charge in [-0.25, -0.2) is 0 Å². The average Bonchev–Trinajstić information content (AvgIpc) is 4.26. The number of fused-ring (bicyclic) bond motifs is 2. The molecule has 2 amide bonds. The molecule has 10 rings (SSSR count). The molecule has 0 spiro atoms. The van der Waals surface area contributed by atoms with Gasteiger partial charge in [0.2, 0.25) is 11.8 Å². The third kappa shape index (κ3) is 20.1. The van der Waals surface area contributed by atoms with Crippen molar-refractivity contribution in [2.75, 3.05) is 45.6 Å². The van der Waals surface area contributed by atoms with Crippen molar-refractivity contribution in [1.29, 1.82) is 0 Å². The molecule has 25 heteroatoms. The molecule has 2 saturated heterocycles. The van der Waals surface area contributed by atoms with E-state index in [0.29, 0.717) is 51.3 Å². The predicted octanol–water partition coefficient (Wildman–Crippen LogP) is 2.52. The Morgan fingerprint density at radius 1 is 0.727 bits per heavy atom. The van der Waals surface area contributed by atoms with Gasteiger partial charge in [-0.3, -0.25) is 18.6 Å². The van der Waals surface area contributed by atoms with Gasteiger partial charge in [0.25, 0.3) is 16.6 Å². The predicted molar refractivity (Wildman–Crippen MR) is 263 cm³/mol. The number of likely N-dealkylation sites (tertiary alicyclic amines) is 1. The summed E-state index contributed by atoms with van der Waals surface area (Å²) < 4.78 is 114. The average molecular weight is 1160 g/mol. The zero-order valence-electron chi connectivity index (χ0n) is 45.6. The molecular weight excluding hydrogens is 1090 g/mol. The van der Waals surface area contributed by atoms with Crippen LogP contribution < -0.4 is 124 Å². The van der Waals surface area contributed by atoms with Gasteiger partial charge >= 0.3 is 115 Å². The number of carbonyl (C=O) groups excluding carboxylic acids is 3. The van der Waals surface area contributed by atoms with Gasteiger partial charge in [0.15, 0.2) is 11.2 Å². The molecule has 0 radical (unpaired) electrons. The summed E-state index contributed by atoms with van der Waals surface area (Å²) in [7, 11) is -3.39. The van der Waals surface area contributed by atoms with Crippen molar-refractivity contribution in [3.05, 3.63) is 58.9 Å². The standard InChI is InChI=1S/C25H32F3N3O2.C13H13F3N2O.C13H23NO4S.CH2O3.2K.H/c1-15-2-5-19(6-3-15)29-24(32)20-12-17(20)14-31-10-8-16(9-11-31)23-21-13-18(25(26,27)28)4-7-22(21)33-30-23;14-13(15,16)9-1-2-11-10(7-9)12(18-19-11)8-3-5-17-6-4-8;1-9-3-5-11(6-4-9)14-13(15)12-7-10(12)8-18-19(2,16)17;2-1-4-3;;;/h4,7,13,15-17,19-20H,2-3,5-6,8-12,14H2,1H3,(H,29,32);1-2,7-8,17H,3-6H2;9-12H,3-8H2,1-2H3,(H,14,15);1,3H;;;/q;;;;2*+1;-1/p-1/t15?,17-,19?,20+;;9?,10-,11?,12?;;;;/m0.0..../s1. The molecule has 6 fully saturated rings. The number of hydrogen-bond donors (Lipinski definition) is 3. The summed E-state index contributed by atoms with van der Waals surface area (Å²) in [4.78, 5) is 38.2. The molecule has 2 aromatic carbocycles. The summed E-state index contributed by atoms with van der Waals surface area (Å²) in [5.74, 6) is 2.68. The summed E-state index contributed by atoms with van der Waals surface area (Å²) in [6.07, 6.45) is 6.50. The van der Waals surface area contributed by atoms with Crippen LogP contribution in [0.15, 0.2) is 45.4 Å². The minimum atomic E-state index is -4.38.